The number of rotatable bonds is 0. The lowest BCUT2D eigenvalue weighted by molar-refractivity contribution is 0.735. The number of aliphatic imine (C=N–C) groups is 1. The maximum Gasteiger partial charge on any atom is 0.145 e. The van der Waals surface area contributed by atoms with Gasteiger partial charge in [-0.05, 0) is 0 Å². The molecule has 2 rings (SSSR count). The molecule has 2 heterocycles. The van der Waals surface area contributed by atoms with E-state index >= 15 is 0 Å². The molecule has 12 heavy (non-hydrogen) atoms. The third-order valence-electron chi connectivity index (χ3n) is 1.95. The van der Waals surface area contributed by atoms with Gasteiger partial charge in [0.15, 0.2) is 0 Å². The zero-order valence-electron chi connectivity index (χ0n) is 7.10. The van der Waals surface area contributed by atoms with Gasteiger partial charge in [0, 0.05) is 14.1 Å². The smallest absolute Gasteiger partial charge is 0.145 e. The first-order valence-corrected chi connectivity index (χ1v) is 3.73. The highest BCUT2D eigenvalue weighted by Crippen LogP contribution is 2.25. The Labute approximate surface area is 70.5 Å². The van der Waals surface area contributed by atoms with Gasteiger partial charge in [0.1, 0.15) is 17.7 Å². The summed E-state index contributed by atoms with van der Waals surface area (Å²) >= 11 is 0. The van der Waals surface area contributed by atoms with Gasteiger partial charge >= 0.3 is 0 Å². The molecule has 0 amide bonds. The molecule has 5 nitrogen and oxygen atoms in total. The molecule has 0 bridgehead atoms. The van der Waals surface area contributed by atoms with Crippen LogP contribution in [0.2, 0.25) is 0 Å². The van der Waals surface area contributed by atoms with Crippen LogP contribution in [0.1, 0.15) is 11.9 Å². The number of hydrogen-bond acceptors (Lipinski definition) is 4. The van der Waals surface area contributed by atoms with Crippen molar-refractivity contribution in [1.29, 1.82) is 0 Å². The number of nitrogens with two attached hydrogens (primary N) is 1. The predicted octanol–water partition coefficient (Wildman–Crippen LogP) is -0.145. The Morgan fingerprint density at radius 1 is 1.50 bits per heavy atom. The van der Waals surface area contributed by atoms with Crippen LogP contribution in [0.25, 0.3) is 0 Å². The van der Waals surface area contributed by atoms with Gasteiger partial charge in [-0.15, -0.1) is 0 Å². The molecule has 0 radical (unpaired) electrons. The zero-order valence-corrected chi connectivity index (χ0v) is 7.10. The predicted molar refractivity (Wildman–Crippen MR) is 47.0 cm³/mol. The summed E-state index contributed by atoms with van der Waals surface area (Å²) in [6.45, 7) is 0. The van der Waals surface area contributed by atoms with Gasteiger partial charge in [-0.25, -0.2) is 4.98 Å². The molecule has 64 valence electrons. The molecule has 1 aromatic heterocycles. The van der Waals surface area contributed by atoms with Crippen LogP contribution in [0.5, 0.6) is 0 Å². The standard InChI is InChI=1S/C7H11N5/c1-11-3-9-5-6(8)10-4-12(2)7(5)11/h3-4,6H,8H2,1-2H3. The quantitative estimate of drug-likeness (QED) is 0.582. The van der Waals surface area contributed by atoms with Gasteiger partial charge in [0.25, 0.3) is 0 Å². The van der Waals surface area contributed by atoms with Crippen LogP contribution in [-0.2, 0) is 7.05 Å². The van der Waals surface area contributed by atoms with E-state index in [1.54, 1.807) is 12.7 Å². The fourth-order valence-corrected chi connectivity index (χ4v) is 1.38. The number of nitrogens with zero attached hydrogens (tertiary/aromatic N) is 4. The maximum atomic E-state index is 5.72. The molecule has 1 aromatic rings. The third kappa shape index (κ3) is 0.831. The normalized spacial score (nSPS) is 21.2. The lowest BCUT2D eigenvalue weighted by Gasteiger charge is -2.21. The van der Waals surface area contributed by atoms with Crippen molar-refractivity contribution in [3.63, 3.8) is 0 Å². The summed E-state index contributed by atoms with van der Waals surface area (Å²) in [6, 6.07) is 0. The topological polar surface area (TPSA) is 59.4 Å². The van der Waals surface area contributed by atoms with Crippen molar-refractivity contribution in [2.45, 2.75) is 6.17 Å². The number of aryl methyl sites for hydroxylation is 1. The van der Waals surface area contributed by atoms with E-state index in [9.17, 15) is 0 Å². The maximum absolute atomic E-state index is 5.72. The lowest BCUT2D eigenvalue weighted by atomic mass is 10.3. The van der Waals surface area contributed by atoms with Gasteiger partial charge in [-0.1, -0.05) is 0 Å². The van der Waals surface area contributed by atoms with Crippen molar-refractivity contribution in [2.24, 2.45) is 17.8 Å². The summed E-state index contributed by atoms with van der Waals surface area (Å²) in [7, 11) is 3.87. The number of imidazole rings is 1. The Hall–Kier alpha value is -1.36. The highest BCUT2D eigenvalue weighted by molar-refractivity contribution is 5.80. The van der Waals surface area contributed by atoms with Crippen molar-refractivity contribution in [3.05, 3.63) is 12.0 Å². The number of fused-ring (bicyclic) bond motifs is 1. The fourth-order valence-electron chi connectivity index (χ4n) is 1.38. The first-order chi connectivity index (χ1) is 5.70. The van der Waals surface area contributed by atoms with E-state index < -0.39 is 0 Å². The van der Waals surface area contributed by atoms with Gasteiger partial charge in [-0.2, -0.15) is 0 Å². The van der Waals surface area contributed by atoms with Gasteiger partial charge in [0.2, 0.25) is 0 Å². The van der Waals surface area contributed by atoms with Crippen molar-refractivity contribution in [1.82, 2.24) is 9.55 Å². The first-order valence-electron chi connectivity index (χ1n) is 3.73. The molecule has 1 aliphatic heterocycles. The molecule has 0 saturated carbocycles. The van der Waals surface area contributed by atoms with Crippen molar-refractivity contribution >= 4 is 12.2 Å². The Bertz CT molecular complexity index is 327. The summed E-state index contributed by atoms with van der Waals surface area (Å²) in [6.07, 6.45) is 3.15. The summed E-state index contributed by atoms with van der Waals surface area (Å²) in [5, 5.41) is 0. The van der Waals surface area contributed by atoms with E-state index in [0.29, 0.717) is 0 Å². The average Bonchev–Trinajstić information content (AvgIpc) is 2.42. The molecule has 0 spiro atoms. The molecule has 0 fully saturated rings. The molecule has 1 atom stereocenters. The molecule has 0 aliphatic carbocycles. The molecule has 1 unspecified atom stereocenters. The summed E-state index contributed by atoms with van der Waals surface area (Å²) in [5.74, 6) is 1.01. The Morgan fingerprint density at radius 2 is 2.25 bits per heavy atom. The largest absolute Gasteiger partial charge is 0.320 e. The Kier molecular flexibility index (Phi) is 1.41. The van der Waals surface area contributed by atoms with Crippen molar-refractivity contribution in [2.75, 3.05) is 11.9 Å². The summed E-state index contributed by atoms with van der Waals surface area (Å²) < 4.78 is 1.93. The molecular formula is C7H11N5. The van der Waals surface area contributed by atoms with E-state index in [1.807, 2.05) is 23.6 Å². The summed E-state index contributed by atoms with van der Waals surface area (Å²) in [4.78, 5) is 10.1. The Balaban J connectivity index is 2.56. The van der Waals surface area contributed by atoms with Crippen LogP contribution in [0.4, 0.5) is 5.82 Å². The SMILES string of the molecule is CN1C=NC(N)c2ncn(C)c21. The first kappa shape index (κ1) is 7.30. The fraction of sp³-hybridized carbons (Fsp3) is 0.429. The minimum atomic E-state index is -0.308. The minimum Gasteiger partial charge on any atom is -0.320 e. The van der Waals surface area contributed by atoms with E-state index in [1.165, 1.54) is 0 Å². The molecule has 2 N–H and O–H groups in total. The number of aromatic nitrogens is 2. The lowest BCUT2D eigenvalue weighted by Crippen LogP contribution is -2.26. The molecule has 0 saturated heterocycles. The molecule has 1 aliphatic rings. The van der Waals surface area contributed by atoms with Gasteiger partial charge in [-0.3, -0.25) is 4.99 Å². The highest BCUT2D eigenvalue weighted by atomic mass is 15.3. The number of anilines is 1. The highest BCUT2D eigenvalue weighted by Gasteiger charge is 2.21. The van der Waals surface area contributed by atoms with Crippen LogP contribution < -0.4 is 10.6 Å². The molecular weight excluding hydrogens is 154 g/mol. The molecule has 0 aromatic carbocycles. The monoisotopic (exact) mass is 165 g/mol. The van der Waals surface area contributed by atoms with Crippen LogP contribution in [0.15, 0.2) is 11.3 Å². The van der Waals surface area contributed by atoms with Gasteiger partial charge in [0.05, 0.1) is 12.7 Å². The molecule has 5 heteroatoms. The second-order valence-electron chi connectivity index (χ2n) is 2.88. The van der Waals surface area contributed by atoms with Crippen LogP contribution in [0, 0.1) is 0 Å². The second kappa shape index (κ2) is 2.31. The van der Waals surface area contributed by atoms with Crippen molar-refractivity contribution < 1.29 is 0 Å². The Morgan fingerprint density at radius 3 is 2.92 bits per heavy atom. The van der Waals surface area contributed by atoms with Crippen LogP contribution in [0.3, 0.4) is 0 Å². The van der Waals surface area contributed by atoms with Gasteiger partial charge < -0.3 is 15.2 Å². The third-order valence-corrected chi connectivity index (χ3v) is 1.95. The average molecular weight is 165 g/mol. The van der Waals surface area contributed by atoms with E-state index in [4.69, 9.17) is 5.73 Å². The van der Waals surface area contributed by atoms with Crippen LogP contribution in [-0.4, -0.2) is 22.9 Å². The van der Waals surface area contributed by atoms with Crippen molar-refractivity contribution in [3.8, 4) is 0 Å². The summed E-state index contributed by atoms with van der Waals surface area (Å²) in [5.41, 5.74) is 6.56. The number of hydrogen-bond donors (Lipinski definition) is 1. The van der Waals surface area contributed by atoms with Crippen LogP contribution >= 0.6 is 0 Å². The minimum absolute atomic E-state index is 0.308. The van der Waals surface area contributed by atoms with E-state index in [2.05, 4.69) is 9.98 Å². The second-order valence-corrected chi connectivity index (χ2v) is 2.88. The van der Waals surface area contributed by atoms with E-state index in [0.717, 1.165) is 11.5 Å². The zero-order chi connectivity index (χ0) is 8.72. The van der Waals surface area contributed by atoms with E-state index in [-0.39, 0.29) is 6.17 Å².